The standard InChI is InChI=1S/C18H21F3N4O3/c1-22-17(24-9-8-23-16(26)15-3-2-10-27-15)25-11-13-4-6-14(7-5-13)28-12-18(19,20)21/h2-7,10H,8-9,11-12H2,1H3,(H,23,26)(H2,22,24,25). The molecule has 0 fully saturated rings. The highest BCUT2D eigenvalue weighted by atomic mass is 19.4. The van der Waals surface area contributed by atoms with E-state index in [0.717, 1.165) is 5.56 Å². The van der Waals surface area contributed by atoms with Crippen LogP contribution in [0, 0.1) is 0 Å². The predicted molar refractivity (Wildman–Crippen MR) is 97.2 cm³/mol. The number of halogens is 3. The lowest BCUT2D eigenvalue weighted by Crippen LogP contribution is -2.41. The molecule has 0 saturated carbocycles. The monoisotopic (exact) mass is 398 g/mol. The van der Waals surface area contributed by atoms with Crippen molar-refractivity contribution in [1.29, 1.82) is 0 Å². The van der Waals surface area contributed by atoms with Crippen molar-refractivity contribution in [3.63, 3.8) is 0 Å². The fourth-order valence-electron chi connectivity index (χ4n) is 2.13. The Bertz CT molecular complexity index is 759. The summed E-state index contributed by atoms with van der Waals surface area (Å²) in [6, 6.07) is 9.48. The van der Waals surface area contributed by atoms with Gasteiger partial charge in [0, 0.05) is 26.7 Å². The van der Waals surface area contributed by atoms with Crippen molar-refractivity contribution in [2.45, 2.75) is 12.7 Å². The molecule has 0 radical (unpaired) electrons. The molecule has 0 bridgehead atoms. The number of aliphatic imine (C=N–C) groups is 1. The fraction of sp³-hybridized carbons (Fsp3) is 0.333. The molecule has 1 heterocycles. The zero-order valence-corrected chi connectivity index (χ0v) is 15.2. The van der Waals surface area contributed by atoms with E-state index in [0.29, 0.717) is 25.6 Å². The molecule has 1 amide bonds. The van der Waals surface area contributed by atoms with Gasteiger partial charge in [0.25, 0.3) is 5.91 Å². The second-order valence-electron chi connectivity index (χ2n) is 5.63. The van der Waals surface area contributed by atoms with Crippen LogP contribution in [0.5, 0.6) is 5.75 Å². The van der Waals surface area contributed by atoms with E-state index < -0.39 is 12.8 Å². The minimum absolute atomic E-state index is 0.149. The second kappa shape index (κ2) is 10.2. The van der Waals surface area contributed by atoms with Crippen molar-refractivity contribution < 1.29 is 27.1 Å². The van der Waals surface area contributed by atoms with Crippen LogP contribution in [0.3, 0.4) is 0 Å². The zero-order chi connectivity index (χ0) is 20.4. The van der Waals surface area contributed by atoms with Crippen molar-refractivity contribution in [2.24, 2.45) is 4.99 Å². The maximum absolute atomic E-state index is 12.1. The largest absolute Gasteiger partial charge is 0.484 e. The Balaban J connectivity index is 1.68. The third-order valence-electron chi connectivity index (χ3n) is 3.46. The van der Waals surface area contributed by atoms with E-state index in [1.54, 1.807) is 31.3 Å². The van der Waals surface area contributed by atoms with Crippen LogP contribution in [0.25, 0.3) is 0 Å². The first-order valence-electron chi connectivity index (χ1n) is 8.42. The van der Waals surface area contributed by atoms with Crippen LogP contribution in [0.1, 0.15) is 16.1 Å². The summed E-state index contributed by atoms with van der Waals surface area (Å²) in [6.45, 7) is -0.0998. The van der Waals surface area contributed by atoms with Gasteiger partial charge in [-0.1, -0.05) is 12.1 Å². The molecule has 0 unspecified atom stereocenters. The summed E-state index contributed by atoms with van der Waals surface area (Å²) in [7, 11) is 1.60. The highest BCUT2D eigenvalue weighted by molar-refractivity contribution is 5.91. The van der Waals surface area contributed by atoms with Gasteiger partial charge in [0.15, 0.2) is 18.3 Å². The molecule has 28 heavy (non-hydrogen) atoms. The van der Waals surface area contributed by atoms with Crippen molar-refractivity contribution in [3.05, 3.63) is 54.0 Å². The summed E-state index contributed by atoms with van der Waals surface area (Å²) in [5.74, 6) is 0.605. The van der Waals surface area contributed by atoms with E-state index in [1.807, 2.05) is 0 Å². The lowest BCUT2D eigenvalue weighted by atomic mass is 10.2. The number of amides is 1. The highest BCUT2D eigenvalue weighted by Gasteiger charge is 2.28. The van der Waals surface area contributed by atoms with Crippen LogP contribution in [0.4, 0.5) is 13.2 Å². The number of hydrogen-bond acceptors (Lipinski definition) is 4. The molecule has 1 aromatic heterocycles. The summed E-state index contributed by atoms with van der Waals surface area (Å²) in [4.78, 5) is 15.8. The summed E-state index contributed by atoms with van der Waals surface area (Å²) in [5, 5.41) is 8.79. The number of guanidine groups is 1. The Kier molecular flexibility index (Phi) is 7.73. The van der Waals surface area contributed by atoms with Crippen molar-refractivity contribution >= 4 is 11.9 Å². The highest BCUT2D eigenvalue weighted by Crippen LogP contribution is 2.18. The fourth-order valence-corrected chi connectivity index (χ4v) is 2.13. The van der Waals surface area contributed by atoms with Gasteiger partial charge in [0.1, 0.15) is 5.75 Å². The number of hydrogen-bond donors (Lipinski definition) is 3. The normalized spacial score (nSPS) is 11.8. The molecule has 0 saturated heterocycles. The van der Waals surface area contributed by atoms with E-state index in [-0.39, 0.29) is 17.4 Å². The van der Waals surface area contributed by atoms with Gasteiger partial charge in [-0.3, -0.25) is 9.79 Å². The molecule has 10 heteroatoms. The van der Waals surface area contributed by atoms with Crippen LogP contribution in [-0.2, 0) is 6.54 Å². The molecule has 0 aliphatic carbocycles. The molecular weight excluding hydrogens is 377 g/mol. The Labute approximate surface area is 160 Å². The maximum Gasteiger partial charge on any atom is 0.422 e. The van der Waals surface area contributed by atoms with Crippen molar-refractivity contribution in [1.82, 2.24) is 16.0 Å². The molecule has 152 valence electrons. The zero-order valence-electron chi connectivity index (χ0n) is 15.2. The smallest absolute Gasteiger partial charge is 0.422 e. The van der Waals surface area contributed by atoms with E-state index in [1.165, 1.54) is 18.4 Å². The van der Waals surface area contributed by atoms with Gasteiger partial charge in [0.2, 0.25) is 0 Å². The third-order valence-corrected chi connectivity index (χ3v) is 3.46. The minimum atomic E-state index is -4.37. The Hall–Kier alpha value is -3.17. The van der Waals surface area contributed by atoms with Crippen LogP contribution in [0.2, 0.25) is 0 Å². The van der Waals surface area contributed by atoms with E-state index in [2.05, 4.69) is 25.7 Å². The van der Waals surface area contributed by atoms with Crippen LogP contribution in [0.15, 0.2) is 52.1 Å². The first-order valence-corrected chi connectivity index (χ1v) is 8.42. The van der Waals surface area contributed by atoms with Crippen molar-refractivity contribution in [3.8, 4) is 5.75 Å². The number of furan rings is 1. The van der Waals surface area contributed by atoms with Crippen LogP contribution in [-0.4, -0.2) is 44.8 Å². The molecule has 0 atom stereocenters. The van der Waals surface area contributed by atoms with Gasteiger partial charge < -0.3 is 25.1 Å². The number of rotatable bonds is 8. The number of carbonyl (C=O) groups excluding carboxylic acids is 1. The molecule has 2 aromatic rings. The Morgan fingerprint density at radius 1 is 1.11 bits per heavy atom. The van der Waals surface area contributed by atoms with Crippen LogP contribution < -0.4 is 20.7 Å². The predicted octanol–water partition coefficient (Wildman–Crippen LogP) is 2.32. The van der Waals surface area contributed by atoms with Gasteiger partial charge in [-0.15, -0.1) is 0 Å². The molecule has 0 aliphatic heterocycles. The minimum Gasteiger partial charge on any atom is -0.484 e. The molecule has 0 spiro atoms. The number of nitrogens with one attached hydrogen (secondary N) is 3. The summed E-state index contributed by atoms with van der Waals surface area (Å²) < 4.78 is 46.0. The molecule has 3 N–H and O–H groups in total. The first-order chi connectivity index (χ1) is 13.4. The summed E-state index contributed by atoms with van der Waals surface area (Å²) in [5.41, 5.74) is 0.841. The molecule has 0 aliphatic rings. The second-order valence-corrected chi connectivity index (χ2v) is 5.63. The molecule has 2 rings (SSSR count). The summed E-state index contributed by atoms with van der Waals surface area (Å²) in [6.07, 6.45) is -2.94. The van der Waals surface area contributed by atoms with E-state index in [9.17, 15) is 18.0 Å². The average molecular weight is 398 g/mol. The third kappa shape index (κ3) is 7.60. The molecule has 7 nitrogen and oxygen atoms in total. The SMILES string of the molecule is CN=C(NCCNC(=O)c1ccco1)NCc1ccc(OCC(F)(F)F)cc1. The van der Waals surface area contributed by atoms with Crippen molar-refractivity contribution in [2.75, 3.05) is 26.7 Å². The number of alkyl halides is 3. The van der Waals surface area contributed by atoms with Gasteiger partial charge in [-0.05, 0) is 29.8 Å². The molecular formula is C18H21F3N4O3. The number of carbonyl (C=O) groups is 1. The quantitative estimate of drug-likeness (QED) is 0.361. The Morgan fingerprint density at radius 3 is 2.43 bits per heavy atom. The van der Waals surface area contributed by atoms with Gasteiger partial charge in [0.05, 0.1) is 6.26 Å². The lowest BCUT2D eigenvalue weighted by Gasteiger charge is -2.13. The summed E-state index contributed by atoms with van der Waals surface area (Å²) >= 11 is 0. The van der Waals surface area contributed by atoms with Gasteiger partial charge in [-0.25, -0.2) is 0 Å². The van der Waals surface area contributed by atoms with E-state index >= 15 is 0 Å². The first kappa shape index (κ1) is 21.1. The van der Waals surface area contributed by atoms with Gasteiger partial charge in [-0.2, -0.15) is 13.2 Å². The van der Waals surface area contributed by atoms with Crippen LogP contribution >= 0.6 is 0 Å². The number of ether oxygens (including phenoxy) is 1. The average Bonchev–Trinajstić information content (AvgIpc) is 3.21. The lowest BCUT2D eigenvalue weighted by molar-refractivity contribution is -0.153. The number of benzene rings is 1. The molecule has 1 aromatic carbocycles. The topological polar surface area (TPSA) is 87.9 Å². The Morgan fingerprint density at radius 2 is 1.82 bits per heavy atom. The van der Waals surface area contributed by atoms with Gasteiger partial charge >= 0.3 is 6.18 Å². The number of nitrogens with zero attached hydrogens (tertiary/aromatic N) is 1. The van der Waals surface area contributed by atoms with E-state index in [4.69, 9.17) is 4.42 Å². The maximum atomic E-state index is 12.1.